The van der Waals surface area contributed by atoms with Crippen molar-refractivity contribution in [1.29, 1.82) is 0 Å². The first kappa shape index (κ1) is 15.0. The fourth-order valence-electron chi connectivity index (χ4n) is 2.10. The monoisotopic (exact) mass is 287 g/mol. The Morgan fingerprint density at radius 2 is 2.33 bits per heavy atom. The minimum absolute atomic E-state index is 0.0246. The van der Waals surface area contributed by atoms with Gasteiger partial charge in [0, 0.05) is 44.1 Å². The largest absolute Gasteiger partial charge is 0.335 e. The predicted octanol–water partition coefficient (Wildman–Crippen LogP) is 1.89. The van der Waals surface area contributed by atoms with Gasteiger partial charge in [-0.2, -0.15) is 5.10 Å². The number of nitrogens with zero attached hydrogens (tertiary/aromatic N) is 3. The van der Waals surface area contributed by atoms with E-state index in [9.17, 15) is 4.79 Å². The molecule has 0 aliphatic heterocycles. The number of hydrogen-bond acceptors (Lipinski definition) is 3. The van der Waals surface area contributed by atoms with Gasteiger partial charge in [0.15, 0.2) is 0 Å². The second-order valence-corrected chi connectivity index (χ2v) is 5.31. The van der Waals surface area contributed by atoms with Crippen molar-refractivity contribution in [3.8, 4) is 0 Å². The van der Waals surface area contributed by atoms with E-state index in [1.165, 1.54) is 0 Å². The van der Waals surface area contributed by atoms with E-state index in [-0.39, 0.29) is 12.1 Å². The van der Waals surface area contributed by atoms with Crippen molar-refractivity contribution in [3.05, 3.63) is 47.5 Å². The molecule has 6 nitrogen and oxygen atoms in total. The van der Waals surface area contributed by atoms with Crippen LogP contribution in [0.1, 0.15) is 23.9 Å². The average molecular weight is 287 g/mol. The van der Waals surface area contributed by atoms with Crippen LogP contribution in [0.5, 0.6) is 0 Å². The summed E-state index contributed by atoms with van der Waals surface area (Å²) in [6, 6.07) is 5.73. The van der Waals surface area contributed by atoms with Crippen LogP contribution < -0.4 is 5.32 Å². The van der Waals surface area contributed by atoms with E-state index in [0.29, 0.717) is 13.0 Å². The number of pyridine rings is 1. The number of aromatic amines is 1. The fraction of sp³-hybridized carbons (Fsp3) is 0.400. The SMILES string of the molecule is Cc1cc(C[C@H](C)NC(=O)N(C)Cc2cccnc2)n[nH]1. The summed E-state index contributed by atoms with van der Waals surface area (Å²) < 4.78 is 0. The highest BCUT2D eigenvalue weighted by atomic mass is 16.2. The Bertz CT molecular complexity index is 581. The zero-order valence-corrected chi connectivity index (χ0v) is 12.6. The van der Waals surface area contributed by atoms with Crippen LogP contribution in [0.25, 0.3) is 0 Å². The molecule has 6 heteroatoms. The van der Waals surface area contributed by atoms with Crippen molar-refractivity contribution >= 4 is 6.03 Å². The highest BCUT2D eigenvalue weighted by Gasteiger charge is 2.13. The number of amides is 2. The van der Waals surface area contributed by atoms with Gasteiger partial charge < -0.3 is 10.2 Å². The Morgan fingerprint density at radius 3 is 2.95 bits per heavy atom. The van der Waals surface area contributed by atoms with Gasteiger partial charge in [-0.1, -0.05) is 6.07 Å². The van der Waals surface area contributed by atoms with E-state index in [1.807, 2.05) is 32.0 Å². The maximum absolute atomic E-state index is 12.1. The summed E-state index contributed by atoms with van der Waals surface area (Å²) in [4.78, 5) is 17.8. The smallest absolute Gasteiger partial charge is 0.317 e. The maximum Gasteiger partial charge on any atom is 0.317 e. The maximum atomic E-state index is 12.1. The van der Waals surface area contributed by atoms with Crippen LogP contribution in [-0.2, 0) is 13.0 Å². The Balaban J connectivity index is 1.82. The molecule has 2 aromatic heterocycles. The highest BCUT2D eigenvalue weighted by molar-refractivity contribution is 5.74. The van der Waals surface area contributed by atoms with Gasteiger partial charge >= 0.3 is 6.03 Å². The summed E-state index contributed by atoms with van der Waals surface area (Å²) in [5.41, 5.74) is 2.98. The van der Waals surface area contributed by atoms with Crippen LogP contribution in [0, 0.1) is 6.92 Å². The lowest BCUT2D eigenvalue weighted by Gasteiger charge is -2.21. The molecule has 2 heterocycles. The van der Waals surface area contributed by atoms with Crippen molar-refractivity contribution in [2.24, 2.45) is 0 Å². The lowest BCUT2D eigenvalue weighted by molar-refractivity contribution is 0.203. The number of nitrogens with one attached hydrogen (secondary N) is 2. The molecule has 0 aliphatic rings. The van der Waals surface area contributed by atoms with Gasteiger partial charge in [0.25, 0.3) is 0 Å². The van der Waals surface area contributed by atoms with E-state index < -0.39 is 0 Å². The molecule has 0 unspecified atom stereocenters. The van der Waals surface area contributed by atoms with Crippen LogP contribution in [0.3, 0.4) is 0 Å². The molecule has 2 aromatic rings. The zero-order chi connectivity index (χ0) is 15.2. The van der Waals surface area contributed by atoms with Gasteiger partial charge in [-0.3, -0.25) is 10.1 Å². The first-order chi connectivity index (χ1) is 10.0. The van der Waals surface area contributed by atoms with Crippen molar-refractivity contribution < 1.29 is 4.79 Å². The predicted molar refractivity (Wildman–Crippen MR) is 80.7 cm³/mol. The molecule has 2 amide bonds. The molecule has 1 atom stereocenters. The number of carbonyl (C=O) groups excluding carboxylic acids is 1. The van der Waals surface area contributed by atoms with Gasteiger partial charge in [-0.25, -0.2) is 4.79 Å². The Hall–Kier alpha value is -2.37. The van der Waals surface area contributed by atoms with E-state index in [1.54, 1.807) is 24.3 Å². The van der Waals surface area contributed by atoms with Gasteiger partial charge in [-0.05, 0) is 31.5 Å². The summed E-state index contributed by atoms with van der Waals surface area (Å²) in [7, 11) is 1.77. The molecule has 0 saturated heterocycles. The number of rotatable bonds is 5. The normalized spacial score (nSPS) is 12.0. The second-order valence-electron chi connectivity index (χ2n) is 5.31. The summed E-state index contributed by atoms with van der Waals surface area (Å²) in [5.74, 6) is 0. The molecule has 0 radical (unpaired) electrons. The van der Waals surface area contributed by atoms with E-state index in [2.05, 4.69) is 20.5 Å². The molecular weight excluding hydrogens is 266 g/mol. The first-order valence-corrected chi connectivity index (χ1v) is 6.96. The molecule has 0 aliphatic carbocycles. The lowest BCUT2D eigenvalue weighted by atomic mass is 10.2. The average Bonchev–Trinajstić information content (AvgIpc) is 2.84. The third kappa shape index (κ3) is 4.59. The fourth-order valence-corrected chi connectivity index (χ4v) is 2.10. The Morgan fingerprint density at radius 1 is 1.52 bits per heavy atom. The van der Waals surface area contributed by atoms with E-state index >= 15 is 0 Å². The van der Waals surface area contributed by atoms with E-state index in [0.717, 1.165) is 17.0 Å². The van der Waals surface area contributed by atoms with Gasteiger partial charge in [0.1, 0.15) is 0 Å². The molecule has 2 N–H and O–H groups in total. The number of urea groups is 1. The summed E-state index contributed by atoms with van der Waals surface area (Å²) in [6.45, 7) is 4.47. The van der Waals surface area contributed by atoms with Gasteiger partial charge in [-0.15, -0.1) is 0 Å². The Kier molecular flexibility index (Phi) is 4.92. The number of H-pyrrole nitrogens is 1. The number of aryl methyl sites for hydroxylation is 1. The second kappa shape index (κ2) is 6.88. The molecule has 0 bridgehead atoms. The topological polar surface area (TPSA) is 73.9 Å². The highest BCUT2D eigenvalue weighted by Crippen LogP contribution is 2.04. The minimum atomic E-state index is -0.0985. The molecule has 0 aromatic carbocycles. The third-order valence-electron chi connectivity index (χ3n) is 3.13. The van der Waals surface area contributed by atoms with Crippen molar-refractivity contribution in [2.45, 2.75) is 32.9 Å². The van der Waals surface area contributed by atoms with E-state index in [4.69, 9.17) is 0 Å². The van der Waals surface area contributed by atoms with Crippen molar-refractivity contribution in [2.75, 3.05) is 7.05 Å². The van der Waals surface area contributed by atoms with Crippen LogP contribution in [0.2, 0.25) is 0 Å². The van der Waals surface area contributed by atoms with Crippen molar-refractivity contribution in [1.82, 2.24) is 25.4 Å². The molecule has 0 fully saturated rings. The summed E-state index contributed by atoms with van der Waals surface area (Å²) in [5, 5.41) is 10.1. The van der Waals surface area contributed by atoms with Gasteiger partial charge in [0.2, 0.25) is 0 Å². The number of aromatic nitrogens is 3. The van der Waals surface area contributed by atoms with Crippen LogP contribution >= 0.6 is 0 Å². The summed E-state index contributed by atoms with van der Waals surface area (Å²) >= 11 is 0. The van der Waals surface area contributed by atoms with Crippen LogP contribution in [-0.4, -0.2) is 39.2 Å². The van der Waals surface area contributed by atoms with Gasteiger partial charge in [0.05, 0.1) is 5.69 Å². The van der Waals surface area contributed by atoms with Crippen LogP contribution in [0.15, 0.2) is 30.6 Å². The molecule has 21 heavy (non-hydrogen) atoms. The standard InChI is InChI=1S/C15H21N5O/c1-11(7-14-8-12(2)18-19-14)17-15(21)20(3)10-13-5-4-6-16-9-13/h4-6,8-9,11H,7,10H2,1-3H3,(H,17,21)(H,18,19)/t11-/m0/s1. The first-order valence-electron chi connectivity index (χ1n) is 6.96. The Labute approximate surface area is 124 Å². The molecule has 0 saturated carbocycles. The number of carbonyl (C=O) groups is 1. The zero-order valence-electron chi connectivity index (χ0n) is 12.6. The molecule has 112 valence electrons. The molecular formula is C15H21N5O. The lowest BCUT2D eigenvalue weighted by Crippen LogP contribution is -2.42. The minimum Gasteiger partial charge on any atom is -0.335 e. The third-order valence-corrected chi connectivity index (χ3v) is 3.13. The molecule has 2 rings (SSSR count). The number of hydrogen-bond donors (Lipinski definition) is 2. The van der Waals surface area contributed by atoms with Crippen LogP contribution in [0.4, 0.5) is 4.79 Å². The molecule has 0 spiro atoms. The summed E-state index contributed by atoms with van der Waals surface area (Å²) in [6.07, 6.45) is 4.19. The quantitative estimate of drug-likeness (QED) is 0.882. The van der Waals surface area contributed by atoms with Crippen molar-refractivity contribution in [3.63, 3.8) is 0 Å².